The van der Waals surface area contributed by atoms with Crippen LogP contribution in [0.3, 0.4) is 0 Å². The van der Waals surface area contributed by atoms with Gasteiger partial charge in [-0.2, -0.15) is 0 Å². The lowest BCUT2D eigenvalue weighted by Gasteiger charge is -1.95. The molecule has 0 atom stereocenters. The Balaban J connectivity index is 0.000000686. The van der Waals surface area contributed by atoms with Gasteiger partial charge >= 0.3 is 0 Å². The van der Waals surface area contributed by atoms with Gasteiger partial charge in [0.1, 0.15) is 0 Å². The minimum atomic E-state index is 0.965. The zero-order valence-corrected chi connectivity index (χ0v) is 12.0. The lowest BCUT2D eigenvalue weighted by molar-refractivity contribution is 1.01. The predicted molar refractivity (Wildman–Crippen MR) is 76.8 cm³/mol. The number of hydrogen-bond acceptors (Lipinski definition) is 2. The molecule has 2 aromatic rings. The third kappa shape index (κ3) is 3.97. The maximum absolute atomic E-state index is 4.64. The monoisotopic (exact) mass is 247 g/mol. The maximum atomic E-state index is 4.64. The minimum Gasteiger partial charge on any atom is -0.246 e. The average molecular weight is 247 g/mol. The first-order chi connectivity index (χ1) is 8.29. The number of aromatic nitrogens is 1. The Morgan fingerprint density at radius 1 is 1.12 bits per heavy atom. The van der Waals surface area contributed by atoms with E-state index in [1.807, 2.05) is 31.3 Å². The van der Waals surface area contributed by atoms with Crippen LogP contribution >= 0.6 is 11.3 Å². The third-order valence-electron chi connectivity index (χ3n) is 2.47. The molecule has 0 amide bonds. The molecule has 0 radical (unpaired) electrons. The molecule has 92 valence electrons. The molecule has 1 aromatic heterocycles. The fourth-order valence-electron chi connectivity index (χ4n) is 1.66. The first-order valence-electron chi connectivity index (χ1n) is 6.28. The van der Waals surface area contributed by atoms with E-state index in [4.69, 9.17) is 0 Å². The van der Waals surface area contributed by atoms with E-state index in [-0.39, 0.29) is 0 Å². The quantitative estimate of drug-likeness (QED) is 0.770. The molecule has 1 aromatic carbocycles. The van der Waals surface area contributed by atoms with E-state index in [1.54, 1.807) is 0 Å². The van der Waals surface area contributed by atoms with Crippen LogP contribution in [0.1, 0.15) is 41.9 Å². The zero-order chi connectivity index (χ0) is 12.7. The van der Waals surface area contributed by atoms with Gasteiger partial charge in [0, 0.05) is 11.3 Å². The standard InChI is InChI=1S/C13H15NS.C2H6/c1-3-12-10(2)15-13(14-12)9-11-7-5-4-6-8-11;1-2/h4-8H,3,9H2,1-2H3;1-2H3. The summed E-state index contributed by atoms with van der Waals surface area (Å²) < 4.78 is 0. The van der Waals surface area contributed by atoms with Gasteiger partial charge in [0.25, 0.3) is 0 Å². The van der Waals surface area contributed by atoms with Crippen LogP contribution in [0, 0.1) is 6.92 Å². The maximum Gasteiger partial charge on any atom is 0.0974 e. The summed E-state index contributed by atoms with van der Waals surface area (Å²) in [6, 6.07) is 10.5. The summed E-state index contributed by atoms with van der Waals surface area (Å²) >= 11 is 1.82. The molecule has 0 aliphatic heterocycles. The summed E-state index contributed by atoms with van der Waals surface area (Å²) in [5.41, 5.74) is 2.60. The van der Waals surface area contributed by atoms with Crippen LogP contribution in [0.15, 0.2) is 30.3 Å². The molecule has 1 heterocycles. The van der Waals surface area contributed by atoms with Crippen molar-refractivity contribution in [2.24, 2.45) is 0 Å². The van der Waals surface area contributed by atoms with Gasteiger partial charge in [0.2, 0.25) is 0 Å². The molecular formula is C15H21NS. The van der Waals surface area contributed by atoms with Gasteiger partial charge in [-0.25, -0.2) is 4.98 Å². The van der Waals surface area contributed by atoms with E-state index < -0.39 is 0 Å². The van der Waals surface area contributed by atoms with Crippen molar-refractivity contribution in [2.75, 3.05) is 0 Å². The molecule has 0 saturated heterocycles. The number of hydrogen-bond donors (Lipinski definition) is 0. The van der Waals surface area contributed by atoms with Crippen LogP contribution in [0.2, 0.25) is 0 Å². The Hall–Kier alpha value is -1.15. The molecule has 2 rings (SSSR count). The zero-order valence-electron chi connectivity index (χ0n) is 11.2. The summed E-state index contributed by atoms with van der Waals surface area (Å²) in [5, 5.41) is 1.23. The van der Waals surface area contributed by atoms with Crippen molar-refractivity contribution >= 4 is 11.3 Å². The molecule has 0 spiro atoms. The molecule has 0 aliphatic carbocycles. The third-order valence-corrected chi connectivity index (χ3v) is 3.48. The van der Waals surface area contributed by atoms with E-state index in [9.17, 15) is 0 Å². The molecule has 2 heteroatoms. The normalized spacial score (nSPS) is 9.65. The van der Waals surface area contributed by atoms with Crippen molar-refractivity contribution in [1.82, 2.24) is 4.98 Å². The molecule has 0 aliphatic rings. The van der Waals surface area contributed by atoms with Gasteiger partial charge in [-0.15, -0.1) is 11.3 Å². The van der Waals surface area contributed by atoms with Crippen LogP contribution in [0.4, 0.5) is 0 Å². The fraction of sp³-hybridized carbons (Fsp3) is 0.400. The lowest BCUT2D eigenvalue weighted by Crippen LogP contribution is -1.88. The number of rotatable bonds is 3. The Bertz CT molecular complexity index is 431. The second kappa shape index (κ2) is 7.23. The van der Waals surface area contributed by atoms with Crippen molar-refractivity contribution in [3.63, 3.8) is 0 Å². The van der Waals surface area contributed by atoms with Crippen LogP contribution in [-0.2, 0) is 12.8 Å². The summed E-state index contributed by atoms with van der Waals surface area (Å²) in [6.45, 7) is 8.32. The fourth-order valence-corrected chi connectivity index (χ4v) is 2.72. The Morgan fingerprint density at radius 3 is 2.29 bits per heavy atom. The SMILES string of the molecule is CC.CCc1nc(Cc2ccccc2)sc1C. The highest BCUT2D eigenvalue weighted by Gasteiger charge is 2.05. The molecule has 0 saturated carbocycles. The highest BCUT2D eigenvalue weighted by Crippen LogP contribution is 2.20. The van der Waals surface area contributed by atoms with E-state index in [2.05, 4.69) is 43.1 Å². The van der Waals surface area contributed by atoms with Gasteiger partial charge in [-0.1, -0.05) is 51.1 Å². The Morgan fingerprint density at radius 2 is 1.76 bits per heavy atom. The summed E-state index contributed by atoms with van der Waals surface area (Å²) in [5.74, 6) is 0. The minimum absolute atomic E-state index is 0.965. The van der Waals surface area contributed by atoms with Gasteiger partial charge in [0.15, 0.2) is 0 Å². The summed E-state index contributed by atoms with van der Waals surface area (Å²) in [4.78, 5) is 6.01. The Labute approximate surface area is 109 Å². The molecule has 0 unspecified atom stereocenters. The number of benzene rings is 1. The topological polar surface area (TPSA) is 12.9 Å². The average Bonchev–Trinajstić information content (AvgIpc) is 2.73. The van der Waals surface area contributed by atoms with E-state index in [0.717, 1.165) is 12.8 Å². The molecule has 0 fully saturated rings. The molecule has 1 nitrogen and oxygen atoms in total. The van der Waals surface area contributed by atoms with Crippen LogP contribution in [-0.4, -0.2) is 4.98 Å². The van der Waals surface area contributed by atoms with Crippen molar-refractivity contribution in [3.05, 3.63) is 51.5 Å². The number of aryl methyl sites for hydroxylation is 2. The van der Waals surface area contributed by atoms with Gasteiger partial charge < -0.3 is 0 Å². The van der Waals surface area contributed by atoms with Crippen LogP contribution in [0.25, 0.3) is 0 Å². The second-order valence-corrected chi connectivity index (χ2v) is 4.91. The van der Waals surface area contributed by atoms with E-state index >= 15 is 0 Å². The Kier molecular flexibility index (Phi) is 5.92. The molecular weight excluding hydrogens is 226 g/mol. The summed E-state index contributed by atoms with van der Waals surface area (Å²) in [6.07, 6.45) is 2.00. The largest absolute Gasteiger partial charge is 0.246 e. The highest BCUT2D eigenvalue weighted by molar-refractivity contribution is 7.11. The predicted octanol–water partition coefficient (Wildman–Crippen LogP) is 4.63. The summed E-state index contributed by atoms with van der Waals surface area (Å²) in [7, 11) is 0. The molecule has 0 N–H and O–H groups in total. The van der Waals surface area contributed by atoms with Crippen LogP contribution in [0.5, 0.6) is 0 Å². The van der Waals surface area contributed by atoms with Gasteiger partial charge in [-0.05, 0) is 18.9 Å². The first-order valence-corrected chi connectivity index (χ1v) is 7.10. The first kappa shape index (κ1) is 13.9. The van der Waals surface area contributed by atoms with E-state index in [0.29, 0.717) is 0 Å². The number of thiazole rings is 1. The number of nitrogens with zero attached hydrogens (tertiary/aromatic N) is 1. The molecule has 17 heavy (non-hydrogen) atoms. The second-order valence-electron chi connectivity index (χ2n) is 3.63. The van der Waals surface area contributed by atoms with Crippen LogP contribution < -0.4 is 0 Å². The van der Waals surface area contributed by atoms with Gasteiger partial charge in [0.05, 0.1) is 10.7 Å². The highest BCUT2D eigenvalue weighted by atomic mass is 32.1. The van der Waals surface area contributed by atoms with Crippen molar-refractivity contribution < 1.29 is 0 Å². The molecule has 0 bridgehead atoms. The van der Waals surface area contributed by atoms with E-state index in [1.165, 1.54) is 21.1 Å². The van der Waals surface area contributed by atoms with Gasteiger partial charge in [-0.3, -0.25) is 0 Å². The lowest BCUT2D eigenvalue weighted by atomic mass is 10.2. The van der Waals surface area contributed by atoms with Crippen molar-refractivity contribution in [2.45, 2.75) is 40.5 Å². The van der Waals surface area contributed by atoms with Crippen molar-refractivity contribution in [1.29, 1.82) is 0 Å². The van der Waals surface area contributed by atoms with Crippen molar-refractivity contribution in [3.8, 4) is 0 Å². The smallest absolute Gasteiger partial charge is 0.0974 e.